The molecule has 0 aromatic heterocycles. The van der Waals surface area contributed by atoms with Crippen LogP contribution >= 0.6 is 0 Å². The summed E-state index contributed by atoms with van der Waals surface area (Å²) in [4.78, 5) is 66.2. The molecule has 6 rings (SSSR count). The maximum absolute atomic E-state index is 14.0. The van der Waals surface area contributed by atoms with Crippen molar-refractivity contribution in [3.05, 3.63) is 12.2 Å². The SMILES string of the molecule is CCCCCCCCCCCCC/C=C/[C@@H](O)[C@H](CO[C@@H]1OC(CO)[C@@H](O[C@@H]2OC(CO)[C@H](O[C@@H]3OC(CO)[C@H](O)[C@H](O[C@@H]4OC(CO)[C@H](O)[C@H](O[C@@H]5OC(CO)[C@@H](O)[C@H](O)C5NC(C)=O)C4O)C3NC(C)=O)[C@H](O[C@]3(C(=O)O)CC(O)[C@@H](NC(C)=O)C([C@H](O)[C@H](O)CO)O3)C2O)[C@H](O)C1O)NC(=O)CCCCCCCCCCCCCCCCCCCCC. The number of carboxylic acid groups (broad SMARTS) is 1. The number of carboxylic acids is 1. The zero-order valence-corrected chi connectivity index (χ0v) is 73.4. The molecule has 12 unspecified atom stereocenters. The molecule has 0 radical (unpaired) electrons. The second-order valence-electron chi connectivity index (χ2n) is 34.2. The number of allylic oxidation sites excluding steroid dienone is 1. The van der Waals surface area contributed by atoms with Gasteiger partial charge in [-0.05, 0) is 19.3 Å². The van der Waals surface area contributed by atoms with Crippen molar-refractivity contribution in [2.24, 2.45) is 0 Å². The number of rotatable bonds is 60. The number of hydrogen-bond acceptors (Lipinski definition) is 35. The highest BCUT2D eigenvalue weighted by Gasteiger charge is 2.63. The normalized spacial score (nSPS) is 35.0. The van der Waals surface area contributed by atoms with Crippen molar-refractivity contribution in [1.29, 1.82) is 0 Å². The summed E-state index contributed by atoms with van der Waals surface area (Å²) >= 11 is 0. The van der Waals surface area contributed by atoms with Crippen LogP contribution in [0.2, 0.25) is 0 Å². The number of aliphatic carboxylic acids is 1. The van der Waals surface area contributed by atoms with E-state index in [0.717, 1.165) is 85.0 Å². The minimum absolute atomic E-state index is 0.113. The summed E-state index contributed by atoms with van der Waals surface area (Å²) in [7, 11) is 0. The van der Waals surface area contributed by atoms with E-state index < -0.39 is 284 Å². The van der Waals surface area contributed by atoms with Crippen LogP contribution in [0.3, 0.4) is 0 Å². The maximum Gasteiger partial charge on any atom is 0.364 e. The maximum atomic E-state index is 14.0. The second kappa shape index (κ2) is 58.0. The topological polar surface area (TPSA) is 629 Å². The Balaban J connectivity index is 1.24. The van der Waals surface area contributed by atoms with E-state index in [1.807, 2.05) is 0 Å². The van der Waals surface area contributed by atoms with Crippen LogP contribution < -0.4 is 21.3 Å². The van der Waals surface area contributed by atoms with Gasteiger partial charge in [0.1, 0.15) is 140 Å². The second-order valence-corrected chi connectivity index (χ2v) is 34.2. The number of carbonyl (C=O) groups is 5. The van der Waals surface area contributed by atoms with Gasteiger partial charge in [0.05, 0.1) is 70.5 Å². The zero-order chi connectivity index (χ0) is 91.9. The first kappa shape index (κ1) is 110. The predicted molar refractivity (Wildman–Crippen MR) is 441 cm³/mol. The first-order chi connectivity index (χ1) is 59.9. The molecule has 6 aliphatic rings. The van der Waals surface area contributed by atoms with Crippen molar-refractivity contribution in [3.63, 3.8) is 0 Å². The average Bonchev–Trinajstić information content (AvgIpc) is 0.724. The van der Waals surface area contributed by atoms with Gasteiger partial charge in [-0.1, -0.05) is 206 Å². The summed E-state index contributed by atoms with van der Waals surface area (Å²) in [5, 5.41) is 225. The lowest BCUT2D eigenvalue weighted by Gasteiger charge is -2.53. The molecule has 0 spiro atoms. The fourth-order valence-corrected chi connectivity index (χ4v) is 16.9. The molecule has 6 fully saturated rings. The van der Waals surface area contributed by atoms with E-state index in [4.69, 9.17) is 56.8 Å². The molecule has 6 heterocycles. The van der Waals surface area contributed by atoms with E-state index in [2.05, 4.69) is 35.1 Å². The van der Waals surface area contributed by atoms with Gasteiger partial charge < -0.3 is 175 Å². The molecule has 33 atom stereocenters. The minimum atomic E-state index is -3.45. The molecule has 23 N–H and O–H groups in total. The third kappa shape index (κ3) is 33.8. The van der Waals surface area contributed by atoms with E-state index in [0.29, 0.717) is 12.8 Å². The fraction of sp³-hybridized carbons (Fsp3) is 0.918. The largest absolute Gasteiger partial charge is 0.477 e. The monoisotopic (exact) mass is 1810 g/mol. The van der Waals surface area contributed by atoms with Gasteiger partial charge in [0.15, 0.2) is 31.5 Å². The number of aliphatic hydroxyl groups is 18. The van der Waals surface area contributed by atoms with Crippen molar-refractivity contribution in [2.75, 3.05) is 46.2 Å². The lowest BCUT2D eigenvalue weighted by Crippen LogP contribution is -2.72. The molecule has 0 saturated carbocycles. The lowest BCUT2D eigenvalue weighted by atomic mass is 9.88. The Labute approximate surface area is 732 Å². The van der Waals surface area contributed by atoms with Crippen molar-refractivity contribution in [3.8, 4) is 0 Å². The Kier molecular flexibility index (Phi) is 50.9. The molecule has 0 aromatic carbocycles. The molecule has 0 bridgehead atoms. The molecule has 0 aliphatic carbocycles. The molecule has 728 valence electrons. The molecule has 6 saturated heterocycles. The van der Waals surface area contributed by atoms with Gasteiger partial charge in [-0.2, -0.15) is 0 Å². The number of unbranched alkanes of at least 4 members (excludes halogenated alkanes) is 29. The summed E-state index contributed by atoms with van der Waals surface area (Å²) < 4.78 is 72.7. The van der Waals surface area contributed by atoms with Crippen LogP contribution in [0, 0.1) is 0 Å². The average molecular weight is 1810 g/mol. The summed E-state index contributed by atoms with van der Waals surface area (Å²) in [6, 6.07) is -6.71. The molecule has 0 aromatic rings. The summed E-state index contributed by atoms with van der Waals surface area (Å²) in [5.74, 6) is -8.75. The van der Waals surface area contributed by atoms with Crippen molar-refractivity contribution < 1.29 is 178 Å². The molecule has 125 heavy (non-hydrogen) atoms. The highest BCUT2D eigenvalue weighted by atomic mass is 16.8. The summed E-state index contributed by atoms with van der Waals surface area (Å²) in [5.41, 5.74) is 0. The predicted octanol–water partition coefficient (Wildman–Crippen LogP) is -1.51. The van der Waals surface area contributed by atoms with Crippen molar-refractivity contribution in [1.82, 2.24) is 21.3 Å². The van der Waals surface area contributed by atoms with Crippen LogP contribution in [0.4, 0.5) is 0 Å². The number of aliphatic hydroxyl groups excluding tert-OH is 18. The molecule has 40 heteroatoms. The van der Waals surface area contributed by atoms with Crippen LogP contribution in [-0.2, 0) is 80.8 Å². The van der Waals surface area contributed by atoms with E-state index in [-0.39, 0.29) is 6.42 Å². The van der Waals surface area contributed by atoms with E-state index >= 15 is 0 Å². The zero-order valence-electron chi connectivity index (χ0n) is 73.4. The molecule has 4 amide bonds. The first-order valence-corrected chi connectivity index (χ1v) is 45.6. The van der Waals surface area contributed by atoms with Crippen molar-refractivity contribution >= 4 is 29.6 Å². The van der Waals surface area contributed by atoms with E-state index in [9.17, 15) is 121 Å². The first-order valence-electron chi connectivity index (χ1n) is 45.6. The molecular weight excluding hydrogens is 1650 g/mol. The third-order valence-electron chi connectivity index (χ3n) is 24.1. The van der Waals surface area contributed by atoms with Crippen LogP contribution in [0.1, 0.15) is 247 Å². The van der Waals surface area contributed by atoms with Crippen LogP contribution in [-0.4, -0.2) is 375 Å². The van der Waals surface area contributed by atoms with Gasteiger partial charge >= 0.3 is 5.97 Å². The summed E-state index contributed by atoms with van der Waals surface area (Å²) in [6.45, 7) is -0.0480. The number of hydrogen-bond donors (Lipinski definition) is 23. The summed E-state index contributed by atoms with van der Waals surface area (Å²) in [6.07, 6.45) is -21.3. The van der Waals surface area contributed by atoms with Gasteiger partial charge in [0.2, 0.25) is 23.6 Å². The van der Waals surface area contributed by atoms with Crippen molar-refractivity contribution in [2.45, 2.75) is 448 Å². The molecule has 6 aliphatic heterocycles. The number of amides is 4. The van der Waals surface area contributed by atoms with Crippen LogP contribution in [0.5, 0.6) is 0 Å². The number of nitrogens with one attached hydrogen (secondary N) is 4. The molecule has 40 nitrogen and oxygen atoms in total. The van der Waals surface area contributed by atoms with Gasteiger partial charge in [0.25, 0.3) is 5.79 Å². The lowest BCUT2D eigenvalue weighted by molar-refractivity contribution is -0.404. The minimum Gasteiger partial charge on any atom is -0.477 e. The smallest absolute Gasteiger partial charge is 0.364 e. The Hall–Kier alpha value is -4.11. The highest BCUT2D eigenvalue weighted by Crippen LogP contribution is 2.42. The standard InChI is InChI=1S/C85H152N4O36/c1-6-8-10-12-14-16-18-20-21-22-23-24-25-27-29-31-33-35-37-39-60(102)89-51(52(99)38-36-34-32-30-28-26-19-17-15-13-11-9-7-2)47-114-81-70(109)69(108)73(58(45-94)118-81)120-83-72(111)78(125-85(84(112)113)40-53(100)61(86-48(3)96)76(124-85)64(103)54(101)41-90)74(59(46-95)119-83)121-80-63(88-50(5)98)75(66(105)56(43-92)116-80)122-82-71(110)77(67(106)57(44-93)117-82)123-79-62(87-49(4)97)68(107)65(104)55(42-91)115-79/h36,38,51-59,61-83,90-95,99-101,103-111H,6-35,37,39-47H2,1-5H3,(H,86,96)(H,87,97)(H,88,98)(H,89,102)(H,112,113)/b38-36+/t51-,52+,53?,54+,55?,56?,57?,58?,59?,61+,62?,63?,64+,65+,66-,67-,68+,69+,70?,71?,72?,73+,74-,75+,76?,77-,78+,79-,80-,81+,82-,83-,85-/m0/s1. The quantitative estimate of drug-likeness (QED) is 0.0243. The Morgan fingerprint density at radius 2 is 0.808 bits per heavy atom. The Bertz CT molecular complexity index is 3040. The van der Waals surface area contributed by atoms with Crippen LogP contribution in [0.25, 0.3) is 0 Å². The third-order valence-corrected chi connectivity index (χ3v) is 24.1. The Morgan fingerprint density at radius 1 is 0.416 bits per heavy atom. The fourth-order valence-electron chi connectivity index (χ4n) is 16.9. The Morgan fingerprint density at radius 3 is 1.29 bits per heavy atom. The van der Waals surface area contributed by atoms with Crippen LogP contribution in [0.15, 0.2) is 12.2 Å². The van der Waals surface area contributed by atoms with Gasteiger partial charge in [0, 0.05) is 33.6 Å². The van der Waals surface area contributed by atoms with Gasteiger partial charge in [-0.25, -0.2) is 4.79 Å². The molecular formula is C85H152N4O36. The van der Waals surface area contributed by atoms with Gasteiger partial charge in [-0.15, -0.1) is 0 Å². The van der Waals surface area contributed by atoms with E-state index in [1.165, 1.54) is 128 Å². The van der Waals surface area contributed by atoms with E-state index in [1.54, 1.807) is 6.08 Å². The van der Waals surface area contributed by atoms with Gasteiger partial charge in [-0.3, -0.25) is 19.2 Å². The highest BCUT2D eigenvalue weighted by molar-refractivity contribution is 5.77. The number of ether oxygens (including phenoxy) is 12. The number of carbonyl (C=O) groups excluding carboxylic acids is 4.